The Morgan fingerprint density at radius 2 is 2.08 bits per heavy atom. The first-order chi connectivity index (χ1) is 11.3. The molecule has 2 aromatic rings. The van der Waals surface area contributed by atoms with Crippen molar-refractivity contribution < 1.29 is 18.3 Å². The molecule has 0 N–H and O–H groups in total. The molecule has 2 heterocycles. The lowest BCUT2D eigenvalue weighted by Crippen LogP contribution is -2.21. The summed E-state index contributed by atoms with van der Waals surface area (Å²) in [6.07, 6.45) is 0.967. The van der Waals surface area contributed by atoms with Crippen LogP contribution in [-0.2, 0) is 4.74 Å². The summed E-state index contributed by atoms with van der Waals surface area (Å²) in [6, 6.07) is 2.65. The second-order valence-electron chi connectivity index (χ2n) is 4.75. The van der Waals surface area contributed by atoms with E-state index in [0.29, 0.717) is 0 Å². The third kappa shape index (κ3) is 3.21. The van der Waals surface area contributed by atoms with Crippen molar-refractivity contribution in [1.29, 1.82) is 0 Å². The van der Waals surface area contributed by atoms with E-state index >= 15 is 0 Å². The van der Waals surface area contributed by atoms with Gasteiger partial charge < -0.3 is 4.74 Å². The smallest absolute Gasteiger partial charge is 0.343 e. The van der Waals surface area contributed by atoms with E-state index in [4.69, 9.17) is 16.3 Å². The number of nitrogens with zero attached hydrogens (tertiary/aromatic N) is 2. The van der Waals surface area contributed by atoms with Crippen molar-refractivity contribution in [1.82, 2.24) is 9.55 Å². The molecule has 0 unspecified atom stereocenters. The quantitative estimate of drug-likeness (QED) is 0.475. The van der Waals surface area contributed by atoms with Gasteiger partial charge in [-0.15, -0.1) is 0 Å². The molecule has 0 amide bonds. The van der Waals surface area contributed by atoms with Gasteiger partial charge in [0.1, 0.15) is 33.7 Å². The van der Waals surface area contributed by atoms with Gasteiger partial charge in [-0.2, -0.15) is 0 Å². The van der Waals surface area contributed by atoms with Crippen molar-refractivity contribution in [2.45, 2.75) is 13.8 Å². The average Bonchev–Trinajstić information content (AvgIpc) is 2.49. The second kappa shape index (κ2) is 6.92. The molecule has 0 fully saturated rings. The van der Waals surface area contributed by atoms with Crippen LogP contribution < -0.4 is 5.43 Å². The lowest BCUT2D eigenvalue weighted by atomic mass is 10.1. The summed E-state index contributed by atoms with van der Waals surface area (Å²) in [7, 11) is 0. The molecule has 0 saturated carbocycles. The van der Waals surface area contributed by atoms with Crippen LogP contribution in [0.25, 0.3) is 16.7 Å². The van der Waals surface area contributed by atoms with E-state index in [9.17, 15) is 18.4 Å². The maximum Gasteiger partial charge on any atom is 0.343 e. The fraction of sp³-hybridized carbons (Fsp3) is 0.188. The Labute approximate surface area is 140 Å². The number of rotatable bonds is 4. The Morgan fingerprint density at radius 3 is 2.62 bits per heavy atom. The molecule has 0 spiro atoms. The average molecular weight is 355 g/mol. The summed E-state index contributed by atoms with van der Waals surface area (Å²) in [5.74, 6) is -2.92. The number of pyridine rings is 2. The molecule has 0 aromatic carbocycles. The topological polar surface area (TPSA) is 61.2 Å². The number of ether oxygens (including phenoxy) is 1. The molecule has 5 nitrogen and oxygen atoms in total. The predicted molar refractivity (Wildman–Crippen MR) is 87.2 cm³/mol. The van der Waals surface area contributed by atoms with Crippen molar-refractivity contribution in [3.8, 4) is 0 Å². The van der Waals surface area contributed by atoms with Crippen LogP contribution in [-0.4, -0.2) is 22.1 Å². The van der Waals surface area contributed by atoms with Gasteiger partial charge in [0, 0.05) is 6.20 Å². The van der Waals surface area contributed by atoms with Crippen molar-refractivity contribution in [3.63, 3.8) is 0 Å². The van der Waals surface area contributed by atoms with Crippen LogP contribution in [0.5, 0.6) is 0 Å². The third-order valence-corrected chi connectivity index (χ3v) is 3.35. The predicted octanol–water partition coefficient (Wildman–Crippen LogP) is 3.87. The number of esters is 1. The van der Waals surface area contributed by atoms with E-state index in [-0.39, 0.29) is 28.4 Å². The van der Waals surface area contributed by atoms with Crippen LogP contribution in [0.3, 0.4) is 0 Å². The van der Waals surface area contributed by atoms with Gasteiger partial charge in [0.15, 0.2) is 0 Å². The summed E-state index contributed by atoms with van der Waals surface area (Å²) in [5.41, 5.74) is -1.73. The first-order valence-corrected chi connectivity index (χ1v) is 7.26. The molecule has 0 saturated heterocycles. The zero-order valence-electron chi connectivity index (χ0n) is 12.9. The Bertz CT molecular complexity index is 931. The number of carbonyl (C=O) groups excluding carboxylic acids is 1. The van der Waals surface area contributed by atoms with Gasteiger partial charge in [0.05, 0.1) is 12.0 Å². The monoisotopic (exact) mass is 354 g/mol. The summed E-state index contributed by atoms with van der Waals surface area (Å²) >= 11 is 5.81. The largest absolute Gasteiger partial charge is 0.462 e. The lowest BCUT2D eigenvalue weighted by Gasteiger charge is -2.14. The zero-order chi connectivity index (χ0) is 18.0. The molecular weight excluding hydrogens is 342 g/mol. The van der Waals surface area contributed by atoms with Gasteiger partial charge in [0.25, 0.3) is 0 Å². The van der Waals surface area contributed by atoms with Gasteiger partial charge in [-0.1, -0.05) is 18.2 Å². The highest BCUT2D eigenvalue weighted by atomic mass is 35.5. The van der Waals surface area contributed by atoms with Crippen LogP contribution in [0.2, 0.25) is 5.15 Å². The van der Waals surface area contributed by atoms with Crippen LogP contribution in [0.1, 0.15) is 24.2 Å². The molecule has 8 heteroatoms. The number of halogens is 3. The number of carbonyl (C=O) groups is 1. The number of allylic oxidation sites excluding steroid dienone is 3. The van der Waals surface area contributed by atoms with Gasteiger partial charge in [-0.25, -0.2) is 18.6 Å². The van der Waals surface area contributed by atoms with Crippen LogP contribution >= 0.6 is 11.6 Å². The van der Waals surface area contributed by atoms with E-state index in [1.165, 1.54) is 12.1 Å². The van der Waals surface area contributed by atoms with Crippen LogP contribution in [0, 0.1) is 0 Å². The number of aromatic nitrogens is 2. The molecule has 0 bridgehead atoms. The van der Waals surface area contributed by atoms with Gasteiger partial charge >= 0.3 is 5.97 Å². The highest BCUT2D eigenvalue weighted by Gasteiger charge is 2.21. The molecule has 24 heavy (non-hydrogen) atoms. The molecule has 0 aliphatic carbocycles. The Balaban J connectivity index is 2.96. The minimum Gasteiger partial charge on any atom is -0.462 e. The Hall–Kier alpha value is -2.54. The summed E-state index contributed by atoms with van der Waals surface area (Å²) < 4.78 is 33.3. The standard InChI is InChI=1S/C16H13ClF2N2O3/c1-4-24-16(23)11-7-21(13(8(2)18)9(3)19)15-10(14(11)22)5-6-12(17)20-15/h5-7H,2,4H2,1,3H3/b13-9-. The van der Waals surface area contributed by atoms with Gasteiger partial charge in [0.2, 0.25) is 5.43 Å². The second-order valence-corrected chi connectivity index (χ2v) is 5.14. The van der Waals surface area contributed by atoms with Crippen molar-refractivity contribution in [2.75, 3.05) is 6.61 Å². The Kier molecular flexibility index (Phi) is 5.14. The fourth-order valence-corrected chi connectivity index (χ4v) is 2.33. The number of fused-ring (bicyclic) bond motifs is 1. The summed E-state index contributed by atoms with van der Waals surface area (Å²) in [5, 5.41) is -0.0233. The fourth-order valence-electron chi connectivity index (χ4n) is 2.19. The van der Waals surface area contributed by atoms with Crippen molar-refractivity contribution in [2.24, 2.45) is 0 Å². The number of hydrogen-bond acceptors (Lipinski definition) is 4. The molecule has 126 valence electrons. The SMILES string of the molecule is C=C(F)/C(=C(\C)F)n1cc(C(=O)OCC)c(=O)c2ccc(Cl)nc21. The maximum atomic E-state index is 13.8. The highest BCUT2D eigenvalue weighted by Crippen LogP contribution is 2.25. The van der Waals surface area contributed by atoms with Crippen molar-refractivity contribution in [3.05, 3.63) is 57.5 Å². The lowest BCUT2D eigenvalue weighted by molar-refractivity contribution is 0.0524. The molecule has 0 aliphatic heterocycles. The number of hydrogen-bond donors (Lipinski definition) is 0. The van der Waals surface area contributed by atoms with Crippen LogP contribution in [0.4, 0.5) is 8.78 Å². The van der Waals surface area contributed by atoms with E-state index in [1.807, 2.05) is 0 Å². The molecule has 0 aliphatic rings. The van der Waals surface area contributed by atoms with E-state index < -0.39 is 28.7 Å². The minimum absolute atomic E-state index is 0.0138. The molecular formula is C16H13ClF2N2O3. The summed E-state index contributed by atoms with van der Waals surface area (Å²) in [4.78, 5) is 28.4. The van der Waals surface area contributed by atoms with Gasteiger partial charge in [-0.05, 0) is 26.0 Å². The van der Waals surface area contributed by atoms with E-state index in [0.717, 1.165) is 17.7 Å². The van der Waals surface area contributed by atoms with Crippen LogP contribution in [0.15, 0.2) is 41.4 Å². The summed E-state index contributed by atoms with van der Waals surface area (Å²) in [6.45, 7) is 5.69. The van der Waals surface area contributed by atoms with E-state index in [1.54, 1.807) is 6.92 Å². The first kappa shape index (κ1) is 17.8. The highest BCUT2D eigenvalue weighted by molar-refractivity contribution is 6.29. The normalized spacial score (nSPS) is 12.0. The van der Waals surface area contributed by atoms with E-state index in [2.05, 4.69) is 11.6 Å². The first-order valence-electron chi connectivity index (χ1n) is 6.88. The maximum absolute atomic E-state index is 13.8. The van der Waals surface area contributed by atoms with Crippen molar-refractivity contribution >= 4 is 34.3 Å². The molecule has 2 rings (SSSR count). The molecule has 0 atom stereocenters. The van der Waals surface area contributed by atoms with Gasteiger partial charge in [-0.3, -0.25) is 9.36 Å². The zero-order valence-corrected chi connectivity index (χ0v) is 13.7. The molecule has 0 radical (unpaired) electrons. The molecule has 2 aromatic heterocycles. The Morgan fingerprint density at radius 1 is 1.42 bits per heavy atom. The minimum atomic E-state index is -1.10. The third-order valence-electron chi connectivity index (χ3n) is 3.14.